The second-order valence-electron chi connectivity index (χ2n) is 4.16. The van der Waals surface area contributed by atoms with Gasteiger partial charge >= 0.3 is 0 Å². The van der Waals surface area contributed by atoms with Crippen molar-refractivity contribution in [2.45, 2.75) is 13.0 Å². The van der Waals surface area contributed by atoms with E-state index in [0.29, 0.717) is 0 Å². The van der Waals surface area contributed by atoms with Gasteiger partial charge in [0.05, 0.1) is 0 Å². The number of anilines is 2. The zero-order valence-corrected chi connectivity index (χ0v) is 12.1. The highest BCUT2D eigenvalue weighted by Crippen LogP contribution is 2.25. The van der Waals surface area contributed by atoms with E-state index in [9.17, 15) is 4.39 Å². The number of rotatable bonds is 3. The average molecular weight is 356 g/mol. The number of nitrogens with one attached hydrogen (secondary N) is 1. The van der Waals surface area contributed by atoms with E-state index in [2.05, 4.69) is 27.9 Å². The molecule has 0 fully saturated rings. The summed E-state index contributed by atoms with van der Waals surface area (Å²) in [5, 5.41) is 3.35. The van der Waals surface area contributed by atoms with Gasteiger partial charge in [-0.15, -0.1) is 0 Å². The van der Waals surface area contributed by atoms with E-state index in [-0.39, 0.29) is 11.9 Å². The molecular weight excluding hydrogens is 342 g/mol. The number of hydrogen-bond donors (Lipinski definition) is 2. The van der Waals surface area contributed by atoms with Gasteiger partial charge in [0.25, 0.3) is 0 Å². The van der Waals surface area contributed by atoms with Gasteiger partial charge in [0.2, 0.25) is 0 Å². The second kappa shape index (κ2) is 5.56. The molecule has 0 heterocycles. The van der Waals surface area contributed by atoms with Gasteiger partial charge in [0, 0.05) is 21.0 Å². The lowest BCUT2D eigenvalue weighted by Gasteiger charge is -2.17. The first-order valence-electron chi connectivity index (χ1n) is 5.63. The minimum absolute atomic E-state index is 0.0397. The lowest BCUT2D eigenvalue weighted by atomic mass is 10.1. The van der Waals surface area contributed by atoms with Crippen molar-refractivity contribution < 1.29 is 4.39 Å². The van der Waals surface area contributed by atoms with Crippen LogP contribution in [-0.4, -0.2) is 0 Å². The molecule has 2 rings (SSSR count). The van der Waals surface area contributed by atoms with E-state index in [1.54, 1.807) is 12.1 Å². The summed E-state index contributed by atoms with van der Waals surface area (Å²) in [4.78, 5) is 0. The van der Waals surface area contributed by atoms with Crippen molar-refractivity contribution in [3.8, 4) is 0 Å². The van der Waals surface area contributed by atoms with Crippen LogP contribution < -0.4 is 11.1 Å². The molecule has 2 nitrogen and oxygen atoms in total. The molecule has 0 saturated heterocycles. The highest BCUT2D eigenvalue weighted by atomic mass is 127. The Labute approximate surface area is 120 Å². The van der Waals surface area contributed by atoms with Gasteiger partial charge in [-0.2, -0.15) is 0 Å². The van der Waals surface area contributed by atoms with E-state index in [0.717, 1.165) is 20.5 Å². The molecule has 0 amide bonds. The molecule has 2 aromatic rings. The SMILES string of the molecule is CC(Nc1ccc(N)cc1I)c1cccc(F)c1. The maximum atomic E-state index is 13.2. The molecule has 0 radical (unpaired) electrons. The number of nitrogens with two attached hydrogens (primary N) is 1. The second-order valence-corrected chi connectivity index (χ2v) is 5.32. The zero-order chi connectivity index (χ0) is 13.1. The van der Waals surface area contributed by atoms with E-state index < -0.39 is 0 Å². The molecule has 3 N–H and O–H groups in total. The van der Waals surface area contributed by atoms with Gasteiger partial charge < -0.3 is 11.1 Å². The van der Waals surface area contributed by atoms with Gasteiger partial charge in [-0.25, -0.2) is 4.39 Å². The normalized spacial score (nSPS) is 12.2. The third-order valence-corrected chi connectivity index (χ3v) is 3.61. The Morgan fingerprint density at radius 3 is 2.67 bits per heavy atom. The van der Waals surface area contributed by atoms with Crippen molar-refractivity contribution in [2.75, 3.05) is 11.1 Å². The quantitative estimate of drug-likeness (QED) is 0.640. The highest BCUT2D eigenvalue weighted by Gasteiger charge is 2.08. The summed E-state index contributed by atoms with van der Waals surface area (Å²) >= 11 is 2.23. The Bertz CT molecular complexity index is 557. The Hall–Kier alpha value is -1.30. The van der Waals surface area contributed by atoms with Gasteiger partial charge in [-0.05, 0) is 65.4 Å². The third kappa shape index (κ3) is 3.13. The van der Waals surface area contributed by atoms with E-state index in [1.165, 1.54) is 6.07 Å². The standard InChI is InChI=1S/C14H14FIN2/c1-9(10-3-2-4-11(15)7-10)18-14-6-5-12(17)8-13(14)16/h2-9,18H,17H2,1H3. The van der Waals surface area contributed by atoms with E-state index in [4.69, 9.17) is 5.73 Å². The fourth-order valence-corrected chi connectivity index (χ4v) is 2.44. The zero-order valence-electron chi connectivity index (χ0n) is 9.95. The van der Waals surface area contributed by atoms with Crippen LogP contribution >= 0.6 is 22.6 Å². The van der Waals surface area contributed by atoms with Crippen molar-refractivity contribution >= 4 is 34.0 Å². The summed E-state index contributed by atoms with van der Waals surface area (Å²) in [6.07, 6.45) is 0. The fourth-order valence-electron chi connectivity index (χ4n) is 1.74. The highest BCUT2D eigenvalue weighted by molar-refractivity contribution is 14.1. The first-order valence-corrected chi connectivity index (χ1v) is 6.71. The Balaban J connectivity index is 2.18. The topological polar surface area (TPSA) is 38.0 Å². The van der Waals surface area contributed by atoms with Gasteiger partial charge in [0.1, 0.15) is 5.82 Å². The molecule has 0 aliphatic carbocycles. The molecule has 1 unspecified atom stereocenters. The summed E-state index contributed by atoms with van der Waals surface area (Å²) < 4.78 is 14.2. The van der Waals surface area contributed by atoms with Crippen LogP contribution in [-0.2, 0) is 0 Å². The lowest BCUT2D eigenvalue weighted by molar-refractivity contribution is 0.623. The van der Waals surface area contributed by atoms with Crippen LogP contribution in [0.15, 0.2) is 42.5 Å². The van der Waals surface area contributed by atoms with Crippen molar-refractivity contribution in [3.05, 3.63) is 57.4 Å². The molecule has 4 heteroatoms. The van der Waals surface area contributed by atoms with Crippen LogP contribution in [0.4, 0.5) is 15.8 Å². The molecule has 94 valence electrons. The van der Waals surface area contributed by atoms with Crippen molar-refractivity contribution in [1.82, 2.24) is 0 Å². The van der Waals surface area contributed by atoms with Crippen LogP contribution in [0.3, 0.4) is 0 Å². The Morgan fingerprint density at radius 1 is 1.22 bits per heavy atom. The van der Waals surface area contributed by atoms with Crippen molar-refractivity contribution in [1.29, 1.82) is 0 Å². The number of hydrogen-bond acceptors (Lipinski definition) is 2. The predicted octanol–water partition coefficient (Wildman–Crippen LogP) is 4.19. The van der Waals surface area contributed by atoms with Crippen LogP contribution in [0.2, 0.25) is 0 Å². The van der Waals surface area contributed by atoms with Crippen molar-refractivity contribution in [3.63, 3.8) is 0 Å². The smallest absolute Gasteiger partial charge is 0.123 e. The number of benzene rings is 2. The minimum Gasteiger partial charge on any atom is -0.399 e. The summed E-state index contributed by atoms with van der Waals surface area (Å²) in [5.41, 5.74) is 8.37. The number of nitrogen functional groups attached to an aromatic ring is 1. The molecule has 0 saturated carbocycles. The molecule has 18 heavy (non-hydrogen) atoms. The van der Waals surface area contributed by atoms with Crippen LogP contribution in [0, 0.1) is 9.39 Å². The molecule has 1 atom stereocenters. The number of halogens is 2. The minimum atomic E-state index is -0.215. The Kier molecular flexibility index (Phi) is 4.06. The monoisotopic (exact) mass is 356 g/mol. The molecular formula is C14H14FIN2. The average Bonchev–Trinajstić information content (AvgIpc) is 2.32. The molecule has 0 aliphatic heterocycles. The maximum Gasteiger partial charge on any atom is 0.123 e. The van der Waals surface area contributed by atoms with Gasteiger partial charge in [0.15, 0.2) is 0 Å². The summed E-state index contributed by atoms with van der Waals surface area (Å²) in [6, 6.07) is 12.3. The summed E-state index contributed by atoms with van der Waals surface area (Å²) in [5.74, 6) is -0.215. The summed E-state index contributed by atoms with van der Waals surface area (Å²) in [7, 11) is 0. The predicted molar refractivity (Wildman–Crippen MR) is 82.0 cm³/mol. The molecule has 0 spiro atoms. The van der Waals surface area contributed by atoms with E-state index >= 15 is 0 Å². The van der Waals surface area contributed by atoms with Gasteiger partial charge in [-0.3, -0.25) is 0 Å². The van der Waals surface area contributed by atoms with Crippen LogP contribution in [0.5, 0.6) is 0 Å². The largest absolute Gasteiger partial charge is 0.399 e. The molecule has 2 aromatic carbocycles. The Morgan fingerprint density at radius 2 is 2.00 bits per heavy atom. The maximum absolute atomic E-state index is 13.2. The third-order valence-electron chi connectivity index (χ3n) is 2.71. The summed E-state index contributed by atoms with van der Waals surface area (Å²) in [6.45, 7) is 2.00. The molecule has 0 aromatic heterocycles. The first kappa shape index (κ1) is 13.1. The lowest BCUT2D eigenvalue weighted by Crippen LogP contribution is -2.08. The van der Waals surface area contributed by atoms with Crippen molar-refractivity contribution in [2.24, 2.45) is 0 Å². The van der Waals surface area contributed by atoms with Gasteiger partial charge in [-0.1, -0.05) is 12.1 Å². The van der Waals surface area contributed by atoms with Crippen LogP contribution in [0.1, 0.15) is 18.5 Å². The van der Waals surface area contributed by atoms with E-state index in [1.807, 2.05) is 31.2 Å². The molecule has 0 aliphatic rings. The first-order chi connectivity index (χ1) is 8.56. The fraction of sp³-hybridized carbons (Fsp3) is 0.143. The van der Waals surface area contributed by atoms with Crippen LogP contribution in [0.25, 0.3) is 0 Å². The molecule has 0 bridgehead atoms.